The average molecular weight is 1090 g/mol. The van der Waals surface area contributed by atoms with E-state index in [1.54, 1.807) is 0 Å². The first kappa shape index (κ1) is 72.6. The smallest absolute Gasteiger partial charge is 0.0827 e. The Morgan fingerprint density at radius 3 is 0.872 bits per heavy atom. The summed E-state index contributed by atoms with van der Waals surface area (Å²) in [4.78, 5) is 0. The van der Waals surface area contributed by atoms with Crippen LogP contribution in [0.3, 0.4) is 0 Å². The molecule has 0 aromatic carbocycles. The van der Waals surface area contributed by atoms with Crippen molar-refractivity contribution in [1.82, 2.24) is 60.0 Å². The van der Waals surface area contributed by atoms with Gasteiger partial charge in [0, 0.05) is 38.6 Å². The molecule has 0 amide bonds. The van der Waals surface area contributed by atoms with Gasteiger partial charge >= 0.3 is 0 Å². The highest BCUT2D eigenvalue weighted by molar-refractivity contribution is 4.96. The van der Waals surface area contributed by atoms with Crippen LogP contribution in [0.2, 0.25) is 0 Å². The van der Waals surface area contributed by atoms with Crippen molar-refractivity contribution in [2.75, 3.05) is 0 Å². The average Bonchev–Trinajstić information content (AvgIpc) is 4.22. The maximum Gasteiger partial charge on any atom is 0.0827 e. The minimum atomic E-state index is 0.730. The summed E-state index contributed by atoms with van der Waals surface area (Å²) in [6.07, 6.45) is 46.8. The summed E-state index contributed by atoms with van der Waals surface area (Å²) in [5.74, 6) is 6.37. The van der Waals surface area contributed by atoms with E-state index in [0.717, 1.165) is 111 Å². The van der Waals surface area contributed by atoms with Crippen LogP contribution in [0.25, 0.3) is 0 Å². The zero-order valence-electron chi connectivity index (χ0n) is 54.3. The van der Waals surface area contributed by atoms with Crippen LogP contribution < -0.4 is 0 Å². The predicted molar refractivity (Wildman–Crippen MR) is 334 cm³/mol. The summed E-state index contributed by atoms with van der Waals surface area (Å²) in [5.41, 5.74) is 4.93. The first-order valence-corrected chi connectivity index (χ1v) is 32.9. The Labute approximate surface area is 482 Å². The number of hydrogen-bond donors (Lipinski definition) is 0. The molecular formula is C66H128N12. The summed E-state index contributed by atoms with van der Waals surface area (Å²) in [6, 6.07) is 0. The third kappa shape index (κ3) is 43.4. The Kier molecular flexibility index (Phi) is 43.9. The van der Waals surface area contributed by atoms with Crippen LogP contribution in [0.4, 0.5) is 0 Å². The second-order valence-corrected chi connectivity index (χ2v) is 26.7. The molecule has 4 rings (SSSR count). The molecule has 0 aliphatic heterocycles. The second-order valence-electron chi connectivity index (χ2n) is 26.7. The minimum absolute atomic E-state index is 0.730. The molecule has 12 heteroatoms. The predicted octanol–water partition coefficient (Wildman–Crippen LogP) is 18.7. The van der Waals surface area contributed by atoms with Gasteiger partial charge in [-0.2, -0.15) is 0 Å². The zero-order valence-corrected chi connectivity index (χ0v) is 54.3. The maximum absolute atomic E-state index is 4.25. The number of aryl methyl sites for hydroxylation is 8. The lowest BCUT2D eigenvalue weighted by Crippen LogP contribution is -2.06. The molecule has 4 aromatic heterocycles. The van der Waals surface area contributed by atoms with E-state index in [9.17, 15) is 0 Å². The molecule has 0 aliphatic carbocycles. The molecule has 452 valence electrons. The molecule has 0 N–H and O–H groups in total. The van der Waals surface area contributed by atoms with E-state index in [1.807, 2.05) is 21.8 Å². The molecule has 0 unspecified atom stereocenters. The van der Waals surface area contributed by atoms with Crippen molar-refractivity contribution in [3.8, 4) is 0 Å². The first-order valence-electron chi connectivity index (χ1n) is 32.9. The van der Waals surface area contributed by atoms with E-state index in [-0.39, 0.29) is 0 Å². The topological polar surface area (TPSA) is 123 Å². The Balaban J connectivity index is 0.000000520. The van der Waals surface area contributed by atoms with Crippen LogP contribution in [-0.2, 0) is 51.9 Å². The number of nitrogens with zero attached hydrogens (tertiary/aromatic N) is 12. The molecule has 12 nitrogen and oxygen atoms in total. The summed E-state index contributed by atoms with van der Waals surface area (Å²) in [6.45, 7) is 40.6. The molecule has 4 aromatic rings. The SMILES string of the molecule is CC(C)CCCCCCCn1nncc1CCC(C)C.CC(C)CCCCCCCn1nncc1CCC(C)C.CC(C)CCCCCCc1cn(CCC(C)C)nn1.CC(C)CCCCCCc1cn(CCC(C)C)nn1. The van der Waals surface area contributed by atoms with Crippen LogP contribution in [-0.4, -0.2) is 60.0 Å². The highest BCUT2D eigenvalue weighted by Crippen LogP contribution is 2.17. The van der Waals surface area contributed by atoms with Crippen molar-refractivity contribution in [2.24, 2.45) is 47.3 Å². The van der Waals surface area contributed by atoms with Gasteiger partial charge in [0.2, 0.25) is 0 Å². The summed E-state index contributed by atoms with van der Waals surface area (Å²) in [5, 5.41) is 33.4. The van der Waals surface area contributed by atoms with Gasteiger partial charge < -0.3 is 0 Å². The molecule has 4 heterocycles. The lowest BCUT2D eigenvalue weighted by molar-refractivity contribution is 0.477. The molecule has 0 radical (unpaired) electrons. The van der Waals surface area contributed by atoms with Crippen molar-refractivity contribution in [3.63, 3.8) is 0 Å². The Morgan fingerprint density at radius 2 is 0.564 bits per heavy atom. The number of aromatic nitrogens is 12. The van der Waals surface area contributed by atoms with E-state index in [0.29, 0.717) is 0 Å². The molecule has 0 saturated heterocycles. The molecular weight excluding hydrogens is 961 g/mol. The lowest BCUT2D eigenvalue weighted by Gasteiger charge is -2.08. The Morgan fingerprint density at radius 1 is 0.282 bits per heavy atom. The van der Waals surface area contributed by atoms with E-state index in [2.05, 4.69) is 174 Å². The largest absolute Gasteiger partial charge is 0.252 e. The normalized spacial score (nSPS) is 11.7. The van der Waals surface area contributed by atoms with Gasteiger partial charge in [0.05, 0.1) is 35.2 Å². The molecule has 0 atom stereocenters. The maximum atomic E-state index is 4.25. The fraction of sp³-hybridized carbons (Fsp3) is 0.879. The van der Waals surface area contributed by atoms with Gasteiger partial charge in [0.15, 0.2) is 0 Å². The van der Waals surface area contributed by atoms with Crippen molar-refractivity contribution in [3.05, 3.63) is 47.6 Å². The summed E-state index contributed by atoms with van der Waals surface area (Å²) in [7, 11) is 0. The minimum Gasteiger partial charge on any atom is -0.252 e. The standard InChI is InChI=1S/2C17H33N3.2C16H31N3/c2*1-15(2)10-8-6-5-7-9-13-20-17(14-18-19-20)12-11-16(3)4;2*1-14(2)9-7-5-6-8-10-16-13-19(18-17-16)12-11-15(3)4/h2*14-16H,5-13H2,1-4H3;2*13-15H,5-12H2,1-4H3. The molecule has 0 spiro atoms. The third-order valence-corrected chi connectivity index (χ3v) is 14.6. The third-order valence-electron chi connectivity index (χ3n) is 14.6. The van der Waals surface area contributed by atoms with Crippen LogP contribution >= 0.6 is 0 Å². The number of hydrogen-bond acceptors (Lipinski definition) is 8. The summed E-state index contributed by atoms with van der Waals surface area (Å²) >= 11 is 0. The van der Waals surface area contributed by atoms with Crippen molar-refractivity contribution >= 4 is 0 Å². The van der Waals surface area contributed by atoms with Gasteiger partial charge in [-0.25, -0.2) is 9.36 Å². The van der Waals surface area contributed by atoms with Gasteiger partial charge in [-0.15, -0.1) is 20.4 Å². The van der Waals surface area contributed by atoms with Gasteiger partial charge in [-0.1, -0.05) is 247 Å². The van der Waals surface area contributed by atoms with E-state index in [1.165, 1.54) is 178 Å². The van der Waals surface area contributed by atoms with Crippen molar-refractivity contribution in [2.45, 2.75) is 330 Å². The number of rotatable bonds is 42. The van der Waals surface area contributed by atoms with Gasteiger partial charge in [0.1, 0.15) is 0 Å². The second kappa shape index (κ2) is 47.2. The lowest BCUT2D eigenvalue weighted by atomic mass is 10.0. The highest BCUT2D eigenvalue weighted by atomic mass is 15.4. The van der Waals surface area contributed by atoms with Crippen molar-refractivity contribution in [1.29, 1.82) is 0 Å². The van der Waals surface area contributed by atoms with Crippen molar-refractivity contribution < 1.29 is 0 Å². The first-order chi connectivity index (χ1) is 37.3. The van der Waals surface area contributed by atoms with E-state index >= 15 is 0 Å². The Bertz CT molecular complexity index is 1740. The van der Waals surface area contributed by atoms with Gasteiger partial charge in [-0.3, -0.25) is 9.36 Å². The molecule has 0 aliphatic rings. The van der Waals surface area contributed by atoms with Crippen LogP contribution in [0, 0.1) is 47.3 Å². The fourth-order valence-electron chi connectivity index (χ4n) is 9.21. The fourth-order valence-corrected chi connectivity index (χ4v) is 9.21. The summed E-state index contributed by atoms with van der Waals surface area (Å²) < 4.78 is 8.20. The van der Waals surface area contributed by atoms with Crippen LogP contribution in [0.15, 0.2) is 24.8 Å². The molecule has 0 bridgehead atoms. The van der Waals surface area contributed by atoms with Gasteiger partial charge in [0.25, 0.3) is 0 Å². The zero-order chi connectivity index (χ0) is 57.8. The van der Waals surface area contributed by atoms with E-state index in [4.69, 9.17) is 0 Å². The molecule has 0 fully saturated rings. The van der Waals surface area contributed by atoms with Gasteiger partial charge in [-0.05, 0) is 124 Å². The molecule has 78 heavy (non-hydrogen) atoms. The highest BCUT2D eigenvalue weighted by Gasteiger charge is 2.08. The van der Waals surface area contributed by atoms with E-state index < -0.39 is 0 Å². The van der Waals surface area contributed by atoms with Crippen LogP contribution in [0.1, 0.15) is 300 Å². The number of unbranched alkanes of at least 4 members (excludes halogenated alkanes) is 14. The molecule has 0 saturated carbocycles. The monoisotopic (exact) mass is 1090 g/mol. The Hall–Kier alpha value is -3.44. The van der Waals surface area contributed by atoms with Crippen LogP contribution in [0.5, 0.6) is 0 Å². The quantitative estimate of drug-likeness (QED) is 0.0402.